The van der Waals surface area contributed by atoms with Gasteiger partial charge in [-0.1, -0.05) is 31.9 Å². The maximum Gasteiger partial charge on any atom is 0.348 e. The van der Waals surface area contributed by atoms with E-state index in [0.29, 0.717) is 18.8 Å². The standard InChI is InChI=1S/C10H15ClN4O2/c1-3-5-6-12-10-8(15(16)17)9(11)13-7(4-2)14-10/h3-6H2,1-2H3,(H,12,13,14). The van der Waals surface area contributed by atoms with Crippen LogP contribution in [0.2, 0.25) is 5.15 Å². The molecule has 6 nitrogen and oxygen atoms in total. The van der Waals surface area contributed by atoms with Gasteiger partial charge in [0.1, 0.15) is 5.82 Å². The average molecular weight is 259 g/mol. The Kier molecular flexibility index (Phi) is 5.09. The monoisotopic (exact) mass is 258 g/mol. The summed E-state index contributed by atoms with van der Waals surface area (Å²) in [5, 5.41) is 13.7. The minimum atomic E-state index is -0.559. The number of hydrogen-bond acceptors (Lipinski definition) is 5. The first-order chi connectivity index (χ1) is 8.10. The molecule has 1 N–H and O–H groups in total. The van der Waals surface area contributed by atoms with Crippen molar-refractivity contribution in [2.75, 3.05) is 11.9 Å². The van der Waals surface area contributed by atoms with Crippen molar-refractivity contribution in [1.82, 2.24) is 9.97 Å². The largest absolute Gasteiger partial charge is 0.364 e. The van der Waals surface area contributed by atoms with E-state index in [9.17, 15) is 10.1 Å². The van der Waals surface area contributed by atoms with Crippen molar-refractivity contribution in [3.63, 3.8) is 0 Å². The number of halogens is 1. The Morgan fingerprint density at radius 1 is 1.41 bits per heavy atom. The van der Waals surface area contributed by atoms with Crippen LogP contribution >= 0.6 is 11.6 Å². The van der Waals surface area contributed by atoms with E-state index in [0.717, 1.165) is 12.8 Å². The summed E-state index contributed by atoms with van der Waals surface area (Å²) in [5.74, 6) is 0.708. The summed E-state index contributed by atoms with van der Waals surface area (Å²) in [7, 11) is 0. The Hall–Kier alpha value is -1.43. The average Bonchev–Trinajstić information content (AvgIpc) is 2.28. The van der Waals surface area contributed by atoms with Crippen molar-refractivity contribution in [2.45, 2.75) is 33.1 Å². The minimum absolute atomic E-state index is 0.110. The SMILES string of the molecule is CCCCNc1nc(CC)nc(Cl)c1[N+](=O)[O-]. The summed E-state index contributed by atoms with van der Waals surface area (Å²) in [5.41, 5.74) is -0.250. The molecule has 0 fully saturated rings. The van der Waals surface area contributed by atoms with Gasteiger partial charge in [-0.05, 0) is 6.42 Å². The number of rotatable bonds is 6. The first-order valence-electron chi connectivity index (χ1n) is 5.54. The lowest BCUT2D eigenvalue weighted by molar-refractivity contribution is -0.384. The van der Waals surface area contributed by atoms with E-state index < -0.39 is 4.92 Å². The van der Waals surface area contributed by atoms with Crippen LogP contribution in [0.15, 0.2) is 0 Å². The summed E-state index contributed by atoms with van der Waals surface area (Å²) < 4.78 is 0. The molecular weight excluding hydrogens is 244 g/mol. The Morgan fingerprint density at radius 3 is 2.65 bits per heavy atom. The van der Waals surface area contributed by atoms with Crippen molar-refractivity contribution >= 4 is 23.1 Å². The van der Waals surface area contributed by atoms with Crippen LogP contribution in [0.4, 0.5) is 11.5 Å². The van der Waals surface area contributed by atoms with E-state index >= 15 is 0 Å². The molecule has 1 aromatic rings. The molecule has 0 aliphatic rings. The van der Waals surface area contributed by atoms with Gasteiger partial charge in [0.15, 0.2) is 0 Å². The zero-order chi connectivity index (χ0) is 12.8. The Balaban J connectivity index is 3.04. The molecule has 0 bridgehead atoms. The van der Waals surface area contributed by atoms with Gasteiger partial charge < -0.3 is 5.32 Å². The molecule has 0 saturated heterocycles. The molecule has 1 rings (SSSR count). The second-order valence-corrected chi connectivity index (χ2v) is 3.88. The third-order valence-corrected chi connectivity index (χ3v) is 2.47. The lowest BCUT2D eigenvalue weighted by Gasteiger charge is -2.07. The van der Waals surface area contributed by atoms with Crippen LogP contribution in [0.5, 0.6) is 0 Å². The van der Waals surface area contributed by atoms with Gasteiger partial charge in [-0.15, -0.1) is 0 Å². The Morgan fingerprint density at radius 2 is 2.12 bits per heavy atom. The van der Waals surface area contributed by atoms with Crippen molar-refractivity contribution < 1.29 is 4.92 Å². The third-order valence-electron chi connectivity index (χ3n) is 2.21. The molecular formula is C10H15ClN4O2. The Labute approximate surface area is 105 Å². The van der Waals surface area contributed by atoms with Crippen molar-refractivity contribution in [3.05, 3.63) is 21.1 Å². The molecule has 0 unspecified atom stereocenters. The van der Waals surface area contributed by atoms with E-state index in [4.69, 9.17) is 11.6 Å². The lowest BCUT2D eigenvalue weighted by atomic mass is 10.3. The smallest absolute Gasteiger partial charge is 0.348 e. The number of aromatic nitrogens is 2. The van der Waals surface area contributed by atoms with Crippen molar-refractivity contribution in [3.8, 4) is 0 Å². The number of hydrogen-bond donors (Lipinski definition) is 1. The first kappa shape index (κ1) is 13.6. The topological polar surface area (TPSA) is 81.0 Å². The predicted molar refractivity (Wildman–Crippen MR) is 66.5 cm³/mol. The maximum absolute atomic E-state index is 10.9. The number of nitro groups is 1. The van der Waals surface area contributed by atoms with Crippen LogP contribution < -0.4 is 5.32 Å². The predicted octanol–water partition coefficient (Wildman–Crippen LogP) is 2.81. The van der Waals surface area contributed by atoms with Gasteiger partial charge in [0.25, 0.3) is 0 Å². The molecule has 0 saturated carbocycles. The van der Waals surface area contributed by atoms with Gasteiger partial charge in [-0.2, -0.15) is 0 Å². The molecule has 1 heterocycles. The summed E-state index contributed by atoms with van der Waals surface area (Å²) >= 11 is 5.79. The molecule has 0 aliphatic carbocycles. The molecule has 0 amide bonds. The molecule has 0 aromatic carbocycles. The zero-order valence-electron chi connectivity index (χ0n) is 9.86. The summed E-state index contributed by atoms with van der Waals surface area (Å²) in [6, 6.07) is 0. The highest BCUT2D eigenvalue weighted by molar-refractivity contribution is 6.31. The van der Waals surface area contributed by atoms with E-state index in [2.05, 4.69) is 15.3 Å². The zero-order valence-corrected chi connectivity index (χ0v) is 10.6. The van der Waals surface area contributed by atoms with E-state index in [1.54, 1.807) is 0 Å². The molecule has 0 spiro atoms. The lowest BCUT2D eigenvalue weighted by Crippen LogP contribution is -2.09. The second-order valence-electron chi connectivity index (χ2n) is 3.52. The number of nitrogens with one attached hydrogen (secondary N) is 1. The summed E-state index contributed by atoms with van der Waals surface area (Å²) in [4.78, 5) is 18.3. The van der Waals surface area contributed by atoms with E-state index in [1.165, 1.54) is 0 Å². The maximum atomic E-state index is 10.9. The van der Waals surface area contributed by atoms with Gasteiger partial charge >= 0.3 is 5.69 Å². The van der Waals surface area contributed by atoms with E-state index in [1.807, 2.05) is 13.8 Å². The van der Waals surface area contributed by atoms with Crippen LogP contribution in [0.1, 0.15) is 32.5 Å². The quantitative estimate of drug-likeness (QED) is 0.367. The minimum Gasteiger partial charge on any atom is -0.364 e. The van der Waals surface area contributed by atoms with Crippen LogP contribution in [0, 0.1) is 10.1 Å². The third kappa shape index (κ3) is 3.52. The van der Waals surface area contributed by atoms with Gasteiger partial charge in [0.05, 0.1) is 4.92 Å². The van der Waals surface area contributed by atoms with Gasteiger partial charge in [0, 0.05) is 13.0 Å². The normalized spacial score (nSPS) is 10.3. The fourth-order valence-electron chi connectivity index (χ4n) is 1.30. The fourth-order valence-corrected chi connectivity index (χ4v) is 1.55. The number of nitrogens with zero attached hydrogens (tertiary/aromatic N) is 3. The van der Waals surface area contributed by atoms with Crippen LogP contribution in [-0.2, 0) is 6.42 Å². The molecule has 1 aromatic heterocycles. The second kappa shape index (κ2) is 6.34. The van der Waals surface area contributed by atoms with Crippen molar-refractivity contribution in [1.29, 1.82) is 0 Å². The molecule has 0 radical (unpaired) electrons. The highest BCUT2D eigenvalue weighted by Gasteiger charge is 2.22. The molecule has 0 atom stereocenters. The van der Waals surface area contributed by atoms with Gasteiger partial charge in [0.2, 0.25) is 11.0 Å². The molecule has 7 heteroatoms. The number of anilines is 1. The van der Waals surface area contributed by atoms with Gasteiger partial charge in [-0.25, -0.2) is 9.97 Å². The van der Waals surface area contributed by atoms with Crippen LogP contribution in [-0.4, -0.2) is 21.4 Å². The molecule has 0 aliphatic heterocycles. The van der Waals surface area contributed by atoms with Crippen LogP contribution in [0.3, 0.4) is 0 Å². The molecule has 94 valence electrons. The Bertz CT molecular complexity index is 412. The van der Waals surface area contributed by atoms with Gasteiger partial charge in [-0.3, -0.25) is 10.1 Å². The summed E-state index contributed by atoms with van der Waals surface area (Å²) in [6.07, 6.45) is 2.50. The van der Waals surface area contributed by atoms with Crippen molar-refractivity contribution in [2.24, 2.45) is 0 Å². The summed E-state index contributed by atoms with van der Waals surface area (Å²) in [6.45, 7) is 4.54. The number of aryl methyl sites for hydroxylation is 1. The first-order valence-corrected chi connectivity index (χ1v) is 5.92. The van der Waals surface area contributed by atoms with E-state index in [-0.39, 0.29) is 16.7 Å². The molecule has 17 heavy (non-hydrogen) atoms. The number of unbranched alkanes of at least 4 members (excludes halogenated alkanes) is 1. The highest BCUT2D eigenvalue weighted by atomic mass is 35.5. The van der Waals surface area contributed by atoms with Crippen LogP contribution in [0.25, 0.3) is 0 Å². The highest BCUT2D eigenvalue weighted by Crippen LogP contribution is 2.29. The fraction of sp³-hybridized carbons (Fsp3) is 0.600.